The molecule has 0 saturated carbocycles. The highest BCUT2D eigenvalue weighted by atomic mass is 19.4. The maximum absolute atomic E-state index is 13.7. The van der Waals surface area contributed by atoms with Crippen molar-refractivity contribution >= 4 is 11.7 Å². The number of anilines is 1. The molecule has 28 heavy (non-hydrogen) atoms. The Morgan fingerprint density at radius 1 is 0.964 bits per heavy atom. The Morgan fingerprint density at radius 2 is 1.75 bits per heavy atom. The van der Waals surface area contributed by atoms with Crippen LogP contribution < -0.4 is 11.2 Å². The average molecular weight is 384 g/mol. The van der Waals surface area contributed by atoms with E-state index in [1.807, 2.05) is 0 Å². The lowest BCUT2D eigenvalue weighted by Crippen LogP contribution is -2.15. The number of hydroxylamine groups is 1. The highest BCUT2D eigenvalue weighted by Crippen LogP contribution is 2.38. The number of nitrogen functional groups attached to an aromatic ring is 1. The van der Waals surface area contributed by atoms with Crippen LogP contribution in [0.3, 0.4) is 0 Å². The van der Waals surface area contributed by atoms with Crippen LogP contribution in [0.1, 0.15) is 22.9 Å². The first-order chi connectivity index (χ1) is 13.4. The lowest BCUT2D eigenvalue weighted by Gasteiger charge is -2.14. The van der Waals surface area contributed by atoms with Gasteiger partial charge in [0.2, 0.25) is 5.90 Å². The largest absolute Gasteiger partial charge is 0.417 e. The molecule has 2 aromatic carbocycles. The summed E-state index contributed by atoms with van der Waals surface area (Å²) in [5, 5.41) is 0. The minimum atomic E-state index is -4.52. The average Bonchev–Trinajstić information content (AvgIpc) is 3.18. The van der Waals surface area contributed by atoms with Crippen LogP contribution in [-0.2, 0) is 11.0 Å². The molecule has 1 unspecified atom stereocenters. The zero-order chi connectivity index (χ0) is 19.7. The summed E-state index contributed by atoms with van der Waals surface area (Å²) < 4.78 is 41.0. The topological polar surface area (TPSA) is 72.5 Å². The van der Waals surface area contributed by atoms with Gasteiger partial charge in [0, 0.05) is 11.8 Å². The molecule has 1 aromatic heterocycles. The van der Waals surface area contributed by atoms with E-state index in [9.17, 15) is 13.2 Å². The first-order valence-corrected chi connectivity index (χ1v) is 8.40. The van der Waals surface area contributed by atoms with Gasteiger partial charge in [-0.15, -0.1) is 5.48 Å². The van der Waals surface area contributed by atoms with Crippen molar-refractivity contribution < 1.29 is 18.0 Å². The van der Waals surface area contributed by atoms with Crippen molar-refractivity contribution in [2.45, 2.75) is 12.3 Å². The summed E-state index contributed by atoms with van der Waals surface area (Å²) in [6.45, 7) is 0. The third-order valence-electron chi connectivity index (χ3n) is 4.29. The second kappa shape index (κ2) is 6.97. The molecule has 0 spiro atoms. The molecule has 0 fully saturated rings. The van der Waals surface area contributed by atoms with Crippen molar-refractivity contribution in [3.63, 3.8) is 0 Å². The second-order valence-corrected chi connectivity index (χ2v) is 6.19. The molecule has 0 aliphatic carbocycles. The van der Waals surface area contributed by atoms with Gasteiger partial charge in [-0.05, 0) is 41.0 Å². The monoisotopic (exact) mass is 384 g/mol. The lowest BCUT2D eigenvalue weighted by molar-refractivity contribution is -0.137. The number of hydrogen-bond acceptors (Lipinski definition) is 5. The Kier molecular flexibility index (Phi) is 4.48. The van der Waals surface area contributed by atoms with Crippen molar-refractivity contribution in [3.05, 3.63) is 83.6 Å². The van der Waals surface area contributed by atoms with E-state index in [0.717, 1.165) is 6.07 Å². The molecular formula is C20H15F3N4O. The van der Waals surface area contributed by atoms with Crippen LogP contribution in [-0.4, -0.2) is 10.9 Å². The molecule has 5 nitrogen and oxygen atoms in total. The van der Waals surface area contributed by atoms with Gasteiger partial charge in [-0.2, -0.15) is 13.2 Å². The maximum Gasteiger partial charge on any atom is 0.417 e. The van der Waals surface area contributed by atoms with Crippen LogP contribution in [0.2, 0.25) is 0 Å². The number of nitrogens with one attached hydrogen (secondary N) is 1. The maximum atomic E-state index is 13.7. The Balaban J connectivity index is 1.72. The summed E-state index contributed by atoms with van der Waals surface area (Å²) in [5.41, 5.74) is 9.10. The fraction of sp³-hybridized carbons (Fsp3) is 0.100. The summed E-state index contributed by atoms with van der Waals surface area (Å²) in [4.78, 5) is 13.6. The zero-order valence-electron chi connectivity index (χ0n) is 14.4. The number of nitrogens with two attached hydrogens (primary N) is 1. The van der Waals surface area contributed by atoms with Gasteiger partial charge in [0.1, 0.15) is 5.82 Å². The van der Waals surface area contributed by atoms with Gasteiger partial charge in [-0.1, -0.05) is 36.4 Å². The van der Waals surface area contributed by atoms with Crippen molar-refractivity contribution in [3.8, 4) is 11.1 Å². The molecule has 1 aliphatic heterocycles. The molecule has 2 heterocycles. The summed E-state index contributed by atoms with van der Waals surface area (Å²) in [6, 6.07) is 15.8. The first kappa shape index (κ1) is 18.0. The quantitative estimate of drug-likeness (QED) is 0.705. The molecule has 8 heteroatoms. The van der Waals surface area contributed by atoms with E-state index in [2.05, 4.69) is 15.5 Å². The van der Waals surface area contributed by atoms with Gasteiger partial charge in [0.25, 0.3) is 0 Å². The summed E-state index contributed by atoms with van der Waals surface area (Å²) in [6.07, 6.45) is -3.58. The van der Waals surface area contributed by atoms with Crippen LogP contribution in [0, 0.1) is 0 Å². The predicted molar refractivity (Wildman–Crippen MR) is 99.0 cm³/mol. The standard InChI is InChI=1S/C20H15F3N4O/c21-20(22,23)16-10-14(6-7-15(16)12-4-2-1-3-5-12)19-26-18(27-28-19)13-8-9-25-17(24)11-13/h1-11,18,27H,(H2,24,25). The molecule has 0 saturated heterocycles. The van der Waals surface area contributed by atoms with Crippen molar-refractivity contribution in [1.29, 1.82) is 0 Å². The number of pyridine rings is 1. The highest BCUT2D eigenvalue weighted by Gasteiger charge is 2.35. The van der Waals surface area contributed by atoms with E-state index in [-0.39, 0.29) is 17.0 Å². The molecule has 1 atom stereocenters. The van der Waals surface area contributed by atoms with E-state index in [1.54, 1.807) is 48.5 Å². The van der Waals surface area contributed by atoms with E-state index in [0.29, 0.717) is 16.9 Å². The van der Waals surface area contributed by atoms with Crippen LogP contribution in [0.5, 0.6) is 0 Å². The Labute approximate surface area is 158 Å². The van der Waals surface area contributed by atoms with Gasteiger partial charge < -0.3 is 10.6 Å². The zero-order valence-corrected chi connectivity index (χ0v) is 14.4. The van der Waals surface area contributed by atoms with E-state index < -0.39 is 17.9 Å². The Morgan fingerprint density at radius 3 is 2.46 bits per heavy atom. The van der Waals surface area contributed by atoms with E-state index in [4.69, 9.17) is 10.6 Å². The first-order valence-electron chi connectivity index (χ1n) is 8.40. The van der Waals surface area contributed by atoms with Gasteiger partial charge >= 0.3 is 6.18 Å². The number of alkyl halides is 3. The second-order valence-electron chi connectivity index (χ2n) is 6.19. The number of rotatable bonds is 3. The fourth-order valence-corrected chi connectivity index (χ4v) is 2.97. The van der Waals surface area contributed by atoms with Crippen LogP contribution in [0.15, 0.2) is 71.9 Å². The number of aliphatic imine (C=N–C) groups is 1. The van der Waals surface area contributed by atoms with E-state index in [1.165, 1.54) is 12.3 Å². The van der Waals surface area contributed by atoms with Gasteiger partial charge in [-0.25, -0.2) is 9.98 Å². The van der Waals surface area contributed by atoms with Gasteiger partial charge in [0.15, 0.2) is 6.17 Å². The highest BCUT2D eigenvalue weighted by molar-refractivity contribution is 5.96. The minimum absolute atomic E-state index is 0.0745. The number of nitrogens with zero attached hydrogens (tertiary/aromatic N) is 2. The van der Waals surface area contributed by atoms with Crippen LogP contribution >= 0.6 is 0 Å². The molecule has 0 amide bonds. The molecule has 4 rings (SSSR count). The Bertz CT molecular complexity index is 1040. The summed E-state index contributed by atoms with van der Waals surface area (Å²) in [7, 11) is 0. The summed E-state index contributed by atoms with van der Waals surface area (Å²) in [5.74, 6) is 0.389. The number of aromatic nitrogens is 1. The van der Waals surface area contributed by atoms with Crippen LogP contribution in [0.25, 0.3) is 11.1 Å². The molecule has 1 aliphatic rings. The lowest BCUT2D eigenvalue weighted by atomic mass is 9.97. The number of hydrogen-bond donors (Lipinski definition) is 2. The molecule has 142 valence electrons. The Hall–Kier alpha value is -3.39. The van der Waals surface area contributed by atoms with Gasteiger partial charge in [0.05, 0.1) is 5.56 Å². The van der Waals surface area contributed by atoms with Crippen molar-refractivity contribution in [2.24, 2.45) is 4.99 Å². The SMILES string of the molecule is Nc1cc(C2N=C(c3ccc(-c4ccccc4)c(C(F)(F)F)c3)ON2)ccn1. The molecule has 3 aromatic rings. The van der Waals surface area contributed by atoms with Crippen molar-refractivity contribution in [2.75, 3.05) is 5.73 Å². The normalized spacial score (nSPS) is 16.5. The predicted octanol–water partition coefficient (Wildman–Crippen LogP) is 4.33. The van der Waals surface area contributed by atoms with Crippen molar-refractivity contribution in [1.82, 2.24) is 10.5 Å². The smallest absolute Gasteiger partial charge is 0.386 e. The summed E-state index contributed by atoms with van der Waals surface area (Å²) >= 11 is 0. The molecule has 0 bridgehead atoms. The molecular weight excluding hydrogens is 369 g/mol. The molecule has 3 N–H and O–H groups in total. The number of halogens is 3. The third-order valence-corrected chi connectivity index (χ3v) is 4.29. The van der Waals surface area contributed by atoms with Gasteiger partial charge in [-0.3, -0.25) is 0 Å². The number of benzene rings is 2. The third kappa shape index (κ3) is 3.54. The fourth-order valence-electron chi connectivity index (χ4n) is 2.97. The minimum Gasteiger partial charge on any atom is -0.386 e. The van der Waals surface area contributed by atoms with Crippen LogP contribution in [0.4, 0.5) is 19.0 Å². The molecule has 0 radical (unpaired) electrons. The van der Waals surface area contributed by atoms with E-state index >= 15 is 0 Å².